The Bertz CT molecular complexity index is 741. The topological polar surface area (TPSA) is 48.4 Å². The van der Waals surface area contributed by atoms with E-state index < -0.39 is 0 Å². The fourth-order valence-electron chi connectivity index (χ4n) is 4.01. The van der Waals surface area contributed by atoms with E-state index in [0.717, 1.165) is 57.2 Å². The van der Waals surface area contributed by atoms with Gasteiger partial charge in [0.1, 0.15) is 0 Å². The summed E-state index contributed by atoms with van der Waals surface area (Å²) >= 11 is 0. The molecule has 1 unspecified atom stereocenters. The van der Waals surface area contributed by atoms with E-state index in [2.05, 4.69) is 44.8 Å². The van der Waals surface area contributed by atoms with Gasteiger partial charge in [-0.25, -0.2) is 9.97 Å². The minimum absolute atomic E-state index is 0.377. The van der Waals surface area contributed by atoms with Crippen LogP contribution in [0.2, 0.25) is 0 Å². The minimum atomic E-state index is 0.377. The molecule has 1 saturated heterocycles. The highest BCUT2D eigenvalue weighted by Crippen LogP contribution is 2.32. The SMILES string of the molecule is CN1CCN(c2nccc(CN(C)C3CCCc4cccnc43)n2)CC1. The lowest BCUT2D eigenvalue weighted by atomic mass is 9.91. The Hall–Kier alpha value is -2.05. The Morgan fingerprint density at radius 1 is 1.12 bits per heavy atom. The molecule has 1 aliphatic carbocycles. The molecule has 0 N–H and O–H groups in total. The van der Waals surface area contributed by atoms with Gasteiger partial charge in [0.15, 0.2) is 0 Å². The van der Waals surface area contributed by atoms with E-state index >= 15 is 0 Å². The predicted molar refractivity (Wildman–Crippen MR) is 103 cm³/mol. The summed E-state index contributed by atoms with van der Waals surface area (Å²) in [5.74, 6) is 0.867. The molecule has 1 fully saturated rings. The molecule has 0 spiro atoms. The zero-order valence-corrected chi connectivity index (χ0v) is 15.8. The van der Waals surface area contributed by atoms with Crippen LogP contribution in [0.3, 0.4) is 0 Å². The number of fused-ring (bicyclic) bond motifs is 1. The summed E-state index contributed by atoms with van der Waals surface area (Å²) in [5, 5.41) is 0. The minimum Gasteiger partial charge on any atom is -0.338 e. The highest BCUT2D eigenvalue weighted by molar-refractivity contribution is 5.31. The quantitative estimate of drug-likeness (QED) is 0.840. The van der Waals surface area contributed by atoms with E-state index in [4.69, 9.17) is 4.98 Å². The molecule has 3 heterocycles. The van der Waals surface area contributed by atoms with Crippen molar-refractivity contribution in [2.24, 2.45) is 0 Å². The molecule has 2 aromatic heterocycles. The second kappa shape index (κ2) is 7.68. The average molecular weight is 352 g/mol. The van der Waals surface area contributed by atoms with Crippen molar-refractivity contribution in [2.75, 3.05) is 45.2 Å². The summed E-state index contributed by atoms with van der Waals surface area (Å²) in [5.41, 5.74) is 3.73. The van der Waals surface area contributed by atoms with Crippen molar-refractivity contribution >= 4 is 5.95 Å². The van der Waals surface area contributed by atoms with Crippen molar-refractivity contribution in [1.82, 2.24) is 24.8 Å². The first kappa shape index (κ1) is 17.4. The van der Waals surface area contributed by atoms with Crippen LogP contribution in [0, 0.1) is 0 Å². The third-order valence-electron chi connectivity index (χ3n) is 5.60. The van der Waals surface area contributed by atoms with Gasteiger partial charge in [-0.3, -0.25) is 9.88 Å². The smallest absolute Gasteiger partial charge is 0.225 e. The van der Waals surface area contributed by atoms with Crippen molar-refractivity contribution in [2.45, 2.75) is 31.8 Å². The highest BCUT2D eigenvalue weighted by Gasteiger charge is 2.25. The maximum absolute atomic E-state index is 4.85. The lowest BCUT2D eigenvalue weighted by molar-refractivity contribution is 0.206. The van der Waals surface area contributed by atoms with E-state index in [-0.39, 0.29) is 0 Å². The van der Waals surface area contributed by atoms with Gasteiger partial charge >= 0.3 is 0 Å². The van der Waals surface area contributed by atoms with Crippen LogP contribution in [0.4, 0.5) is 5.95 Å². The van der Waals surface area contributed by atoms with Crippen molar-refractivity contribution < 1.29 is 0 Å². The molecule has 0 aromatic carbocycles. The van der Waals surface area contributed by atoms with Crippen LogP contribution in [0.5, 0.6) is 0 Å². The number of hydrogen-bond acceptors (Lipinski definition) is 6. The fourth-order valence-corrected chi connectivity index (χ4v) is 4.01. The Morgan fingerprint density at radius 3 is 2.81 bits per heavy atom. The predicted octanol–water partition coefficient (Wildman–Crippen LogP) is 2.13. The van der Waals surface area contributed by atoms with Gasteiger partial charge in [0.05, 0.1) is 17.4 Å². The first-order chi connectivity index (χ1) is 12.7. The number of anilines is 1. The first-order valence-electron chi connectivity index (χ1n) is 9.60. The zero-order chi connectivity index (χ0) is 17.9. The first-order valence-corrected chi connectivity index (χ1v) is 9.60. The second-order valence-electron chi connectivity index (χ2n) is 7.51. The van der Waals surface area contributed by atoms with Crippen molar-refractivity contribution in [1.29, 1.82) is 0 Å². The van der Waals surface area contributed by atoms with E-state index in [1.807, 2.05) is 24.5 Å². The molecule has 1 aliphatic heterocycles. The molecule has 0 bridgehead atoms. The average Bonchev–Trinajstić information content (AvgIpc) is 2.68. The Labute approximate surface area is 155 Å². The maximum Gasteiger partial charge on any atom is 0.225 e. The molecule has 1 atom stereocenters. The zero-order valence-electron chi connectivity index (χ0n) is 15.8. The lowest BCUT2D eigenvalue weighted by Gasteiger charge is -2.33. The standard InChI is InChI=1S/C20H28N6/c1-24-11-13-26(14-12-24)20-22-10-8-17(23-20)15-25(2)18-7-3-5-16-6-4-9-21-19(16)18/h4,6,8-10,18H,3,5,7,11-15H2,1-2H3. The number of aryl methyl sites for hydroxylation is 1. The summed E-state index contributed by atoms with van der Waals surface area (Å²) in [7, 11) is 4.35. The van der Waals surface area contributed by atoms with Gasteiger partial charge in [0, 0.05) is 45.1 Å². The molecule has 6 heteroatoms. The third-order valence-corrected chi connectivity index (χ3v) is 5.60. The highest BCUT2D eigenvalue weighted by atomic mass is 15.3. The lowest BCUT2D eigenvalue weighted by Crippen LogP contribution is -2.45. The number of rotatable bonds is 4. The largest absolute Gasteiger partial charge is 0.338 e. The van der Waals surface area contributed by atoms with E-state index in [0.29, 0.717) is 6.04 Å². The summed E-state index contributed by atoms with van der Waals surface area (Å²) in [6.07, 6.45) is 7.35. The van der Waals surface area contributed by atoms with E-state index in [1.54, 1.807) is 0 Å². The fraction of sp³-hybridized carbons (Fsp3) is 0.550. The molecule has 26 heavy (non-hydrogen) atoms. The van der Waals surface area contributed by atoms with Crippen LogP contribution in [0.25, 0.3) is 0 Å². The molecule has 6 nitrogen and oxygen atoms in total. The molecular formula is C20H28N6. The third kappa shape index (κ3) is 3.71. The van der Waals surface area contributed by atoms with E-state index in [9.17, 15) is 0 Å². The molecule has 0 radical (unpaired) electrons. The van der Waals surface area contributed by atoms with Crippen LogP contribution < -0.4 is 4.90 Å². The molecule has 0 amide bonds. The van der Waals surface area contributed by atoms with Gasteiger partial charge < -0.3 is 9.80 Å². The maximum atomic E-state index is 4.85. The summed E-state index contributed by atoms with van der Waals surface area (Å²) in [6, 6.07) is 6.69. The molecule has 0 saturated carbocycles. The van der Waals surface area contributed by atoms with Crippen LogP contribution in [-0.2, 0) is 13.0 Å². The van der Waals surface area contributed by atoms with Crippen LogP contribution >= 0.6 is 0 Å². The normalized spacial score (nSPS) is 21.0. The Balaban J connectivity index is 1.47. The number of hydrogen-bond donors (Lipinski definition) is 0. The number of aromatic nitrogens is 3. The van der Waals surface area contributed by atoms with Gasteiger partial charge in [0.2, 0.25) is 5.95 Å². The van der Waals surface area contributed by atoms with E-state index in [1.165, 1.54) is 17.7 Å². The van der Waals surface area contributed by atoms with Crippen LogP contribution in [0.15, 0.2) is 30.6 Å². The van der Waals surface area contributed by atoms with Crippen LogP contribution in [0.1, 0.15) is 35.8 Å². The molecular weight excluding hydrogens is 324 g/mol. The Morgan fingerprint density at radius 2 is 1.96 bits per heavy atom. The number of likely N-dealkylation sites (N-methyl/N-ethyl adjacent to an activating group) is 1. The Kier molecular flexibility index (Phi) is 5.13. The van der Waals surface area contributed by atoms with Gasteiger partial charge in [-0.05, 0) is 51.1 Å². The monoisotopic (exact) mass is 352 g/mol. The second-order valence-corrected chi connectivity index (χ2v) is 7.51. The van der Waals surface area contributed by atoms with Crippen molar-refractivity contribution in [3.63, 3.8) is 0 Å². The number of pyridine rings is 1. The van der Waals surface area contributed by atoms with Crippen molar-refractivity contribution in [3.05, 3.63) is 47.5 Å². The number of nitrogens with zero attached hydrogens (tertiary/aromatic N) is 6. The van der Waals surface area contributed by atoms with Gasteiger partial charge in [-0.1, -0.05) is 6.07 Å². The van der Waals surface area contributed by atoms with Crippen molar-refractivity contribution in [3.8, 4) is 0 Å². The summed E-state index contributed by atoms with van der Waals surface area (Å²) in [4.78, 5) is 21.1. The summed E-state index contributed by atoms with van der Waals surface area (Å²) < 4.78 is 0. The van der Waals surface area contributed by atoms with Gasteiger partial charge in [-0.15, -0.1) is 0 Å². The van der Waals surface area contributed by atoms with Gasteiger partial charge in [0.25, 0.3) is 0 Å². The molecule has 138 valence electrons. The molecule has 2 aliphatic rings. The molecule has 4 rings (SSSR count). The van der Waals surface area contributed by atoms with Gasteiger partial charge in [-0.2, -0.15) is 0 Å². The van der Waals surface area contributed by atoms with Crippen LogP contribution in [-0.4, -0.2) is 65.0 Å². The molecule has 2 aromatic rings. The summed E-state index contributed by atoms with van der Waals surface area (Å²) in [6.45, 7) is 4.95. The number of piperazine rings is 1.